The normalized spacial score (nSPS) is 25.0. The fourth-order valence-corrected chi connectivity index (χ4v) is 2.12. The Morgan fingerprint density at radius 2 is 2.33 bits per heavy atom. The lowest BCUT2D eigenvalue weighted by molar-refractivity contribution is 0.0464. The van der Waals surface area contributed by atoms with Crippen LogP contribution in [0.5, 0.6) is 0 Å². The van der Waals surface area contributed by atoms with E-state index in [1.165, 1.54) is 0 Å². The second-order valence-corrected chi connectivity index (χ2v) is 4.45. The fraction of sp³-hybridized carbons (Fsp3) is 0.700. The zero-order valence-electron chi connectivity index (χ0n) is 9.22. The van der Waals surface area contributed by atoms with Crippen molar-refractivity contribution in [1.29, 1.82) is 0 Å². The maximum absolute atomic E-state index is 9.20. The predicted octanol–water partition coefficient (Wildman–Crippen LogP) is 0.209. The predicted molar refractivity (Wildman–Crippen MR) is 59.6 cm³/mol. The highest BCUT2D eigenvalue weighted by atomic mass is 16.3. The van der Waals surface area contributed by atoms with Gasteiger partial charge in [0.25, 0.3) is 0 Å². The van der Waals surface area contributed by atoms with Crippen molar-refractivity contribution in [2.45, 2.75) is 18.9 Å². The van der Waals surface area contributed by atoms with E-state index in [0.29, 0.717) is 11.6 Å². The number of nitrogens with zero attached hydrogens (tertiary/aromatic N) is 3. The summed E-state index contributed by atoms with van der Waals surface area (Å²) in [7, 11) is 3.85. The van der Waals surface area contributed by atoms with Crippen LogP contribution in [0.4, 0.5) is 11.5 Å². The molecule has 0 aromatic carbocycles. The number of aryl methyl sites for hydroxylation is 1. The van der Waals surface area contributed by atoms with Crippen LogP contribution in [0.3, 0.4) is 0 Å². The van der Waals surface area contributed by atoms with Crippen molar-refractivity contribution in [2.24, 2.45) is 13.0 Å². The molecule has 0 aliphatic heterocycles. The summed E-state index contributed by atoms with van der Waals surface area (Å²) in [6, 6.07) is 0. The third kappa shape index (κ3) is 2.07. The lowest BCUT2D eigenvalue weighted by Crippen LogP contribution is -2.37. The molecule has 0 bridgehead atoms. The van der Waals surface area contributed by atoms with Gasteiger partial charge in [-0.3, -0.25) is 4.68 Å². The Hall–Kier alpha value is -1.23. The SMILES string of the molecule is CN(CC1CC(O)C1)c1nn(C)cc1N. The van der Waals surface area contributed by atoms with Crippen LogP contribution in [-0.4, -0.2) is 34.6 Å². The Morgan fingerprint density at radius 1 is 1.67 bits per heavy atom. The van der Waals surface area contributed by atoms with Crippen molar-refractivity contribution < 1.29 is 5.11 Å². The molecular weight excluding hydrogens is 192 g/mol. The molecule has 15 heavy (non-hydrogen) atoms. The first kappa shape index (κ1) is 10.3. The van der Waals surface area contributed by atoms with E-state index in [2.05, 4.69) is 10.00 Å². The molecule has 0 unspecified atom stereocenters. The van der Waals surface area contributed by atoms with Gasteiger partial charge < -0.3 is 15.7 Å². The highest BCUT2D eigenvalue weighted by Crippen LogP contribution is 2.29. The van der Waals surface area contributed by atoms with Gasteiger partial charge in [-0.1, -0.05) is 0 Å². The fourth-order valence-electron chi connectivity index (χ4n) is 2.12. The van der Waals surface area contributed by atoms with Crippen molar-refractivity contribution in [1.82, 2.24) is 9.78 Å². The molecule has 0 atom stereocenters. The summed E-state index contributed by atoms with van der Waals surface area (Å²) in [5, 5.41) is 13.5. The molecule has 1 aromatic rings. The van der Waals surface area contributed by atoms with Gasteiger partial charge in [0.2, 0.25) is 0 Å². The van der Waals surface area contributed by atoms with E-state index >= 15 is 0 Å². The highest BCUT2D eigenvalue weighted by Gasteiger charge is 2.28. The average molecular weight is 210 g/mol. The summed E-state index contributed by atoms with van der Waals surface area (Å²) in [6.45, 7) is 0.915. The molecule has 0 radical (unpaired) electrons. The number of aliphatic hydroxyl groups is 1. The number of aromatic nitrogens is 2. The second-order valence-electron chi connectivity index (χ2n) is 4.45. The molecule has 1 aliphatic rings. The first-order valence-electron chi connectivity index (χ1n) is 5.24. The lowest BCUT2D eigenvalue weighted by Gasteiger charge is -2.34. The number of hydrogen-bond acceptors (Lipinski definition) is 4. The lowest BCUT2D eigenvalue weighted by atomic mass is 9.82. The number of nitrogen functional groups attached to an aromatic ring is 1. The smallest absolute Gasteiger partial charge is 0.173 e. The van der Waals surface area contributed by atoms with Gasteiger partial charge in [0.15, 0.2) is 5.82 Å². The maximum atomic E-state index is 9.20. The van der Waals surface area contributed by atoms with E-state index in [4.69, 9.17) is 5.73 Å². The summed E-state index contributed by atoms with van der Waals surface area (Å²) < 4.78 is 1.72. The maximum Gasteiger partial charge on any atom is 0.173 e. The van der Waals surface area contributed by atoms with Gasteiger partial charge in [-0.05, 0) is 18.8 Å². The van der Waals surface area contributed by atoms with Crippen LogP contribution in [0.25, 0.3) is 0 Å². The summed E-state index contributed by atoms with van der Waals surface area (Å²) in [4.78, 5) is 2.06. The van der Waals surface area contributed by atoms with Gasteiger partial charge in [-0.2, -0.15) is 5.10 Å². The number of rotatable bonds is 3. The molecule has 3 N–H and O–H groups in total. The van der Waals surface area contributed by atoms with Gasteiger partial charge in [-0.15, -0.1) is 0 Å². The molecule has 2 rings (SSSR count). The molecule has 1 saturated carbocycles. The quantitative estimate of drug-likeness (QED) is 0.748. The van der Waals surface area contributed by atoms with E-state index in [1.807, 2.05) is 14.1 Å². The molecule has 5 heteroatoms. The molecule has 1 aromatic heterocycles. The van der Waals surface area contributed by atoms with Crippen molar-refractivity contribution in [2.75, 3.05) is 24.2 Å². The number of hydrogen-bond donors (Lipinski definition) is 2. The van der Waals surface area contributed by atoms with Crippen LogP contribution in [-0.2, 0) is 7.05 Å². The molecule has 1 aliphatic carbocycles. The molecule has 84 valence electrons. The Labute approximate surface area is 89.5 Å². The Kier molecular flexibility index (Phi) is 2.56. The summed E-state index contributed by atoms with van der Waals surface area (Å²) in [5.41, 5.74) is 6.54. The summed E-state index contributed by atoms with van der Waals surface area (Å²) >= 11 is 0. The minimum atomic E-state index is -0.0931. The first-order chi connectivity index (χ1) is 7.06. The van der Waals surface area contributed by atoms with E-state index in [1.54, 1.807) is 10.9 Å². The topological polar surface area (TPSA) is 67.3 Å². The highest BCUT2D eigenvalue weighted by molar-refractivity contribution is 5.61. The van der Waals surface area contributed by atoms with Crippen molar-refractivity contribution in [3.8, 4) is 0 Å². The molecular formula is C10H18N4O. The Morgan fingerprint density at radius 3 is 2.80 bits per heavy atom. The van der Waals surface area contributed by atoms with Crippen LogP contribution in [0.15, 0.2) is 6.20 Å². The molecule has 0 saturated heterocycles. The van der Waals surface area contributed by atoms with Crippen LogP contribution in [0.2, 0.25) is 0 Å². The van der Waals surface area contributed by atoms with Gasteiger partial charge in [-0.25, -0.2) is 0 Å². The zero-order valence-corrected chi connectivity index (χ0v) is 9.22. The first-order valence-corrected chi connectivity index (χ1v) is 5.24. The number of nitrogens with two attached hydrogens (primary N) is 1. The largest absolute Gasteiger partial charge is 0.394 e. The number of aliphatic hydroxyl groups excluding tert-OH is 1. The minimum Gasteiger partial charge on any atom is -0.394 e. The van der Waals surface area contributed by atoms with E-state index in [0.717, 1.165) is 25.2 Å². The molecule has 5 nitrogen and oxygen atoms in total. The third-order valence-electron chi connectivity index (χ3n) is 2.94. The zero-order chi connectivity index (χ0) is 11.0. The Bertz CT molecular complexity index is 343. The Balaban J connectivity index is 1.95. The molecule has 1 fully saturated rings. The van der Waals surface area contributed by atoms with E-state index in [-0.39, 0.29) is 6.10 Å². The molecule has 1 heterocycles. The standard InChI is InChI=1S/C10H18N4O/c1-13(5-7-3-8(15)4-7)10-9(11)6-14(2)12-10/h6-8,15H,3-5,11H2,1-2H3. The van der Waals surface area contributed by atoms with Crippen LogP contribution < -0.4 is 10.6 Å². The van der Waals surface area contributed by atoms with E-state index < -0.39 is 0 Å². The van der Waals surface area contributed by atoms with Crippen LogP contribution >= 0.6 is 0 Å². The van der Waals surface area contributed by atoms with Gasteiger partial charge in [0.05, 0.1) is 11.8 Å². The minimum absolute atomic E-state index is 0.0931. The van der Waals surface area contributed by atoms with Gasteiger partial charge >= 0.3 is 0 Å². The average Bonchev–Trinajstić information content (AvgIpc) is 2.42. The van der Waals surface area contributed by atoms with Crippen molar-refractivity contribution in [3.05, 3.63) is 6.20 Å². The number of anilines is 2. The third-order valence-corrected chi connectivity index (χ3v) is 2.94. The summed E-state index contributed by atoms with van der Waals surface area (Å²) in [5.74, 6) is 1.41. The van der Waals surface area contributed by atoms with Crippen LogP contribution in [0.1, 0.15) is 12.8 Å². The second kappa shape index (κ2) is 3.73. The van der Waals surface area contributed by atoms with E-state index in [9.17, 15) is 5.11 Å². The molecule has 0 spiro atoms. The monoisotopic (exact) mass is 210 g/mol. The van der Waals surface area contributed by atoms with Crippen LogP contribution in [0, 0.1) is 5.92 Å². The van der Waals surface area contributed by atoms with Gasteiger partial charge in [0.1, 0.15) is 0 Å². The molecule has 0 amide bonds. The van der Waals surface area contributed by atoms with Crippen molar-refractivity contribution in [3.63, 3.8) is 0 Å². The summed E-state index contributed by atoms with van der Waals surface area (Å²) in [6.07, 6.45) is 3.51. The van der Waals surface area contributed by atoms with Gasteiger partial charge in [0, 0.05) is 26.8 Å². The van der Waals surface area contributed by atoms with Crippen molar-refractivity contribution >= 4 is 11.5 Å².